The number of carbonyl (C=O) groups excluding carboxylic acids is 1. The van der Waals surface area contributed by atoms with Crippen molar-refractivity contribution in [3.8, 4) is 28.4 Å². The molecule has 0 radical (unpaired) electrons. The first kappa shape index (κ1) is 45.6. The van der Waals surface area contributed by atoms with Crippen molar-refractivity contribution in [3.05, 3.63) is 115 Å². The lowest BCUT2D eigenvalue weighted by molar-refractivity contribution is -0.255. The van der Waals surface area contributed by atoms with E-state index in [1.54, 1.807) is 17.1 Å². The van der Waals surface area contributed by atoms with Crippen LogP contribution in [0, 0.1) is 17.8 Å². The van der Waals surface area contributed by atoms with Crippen LogP contribution in [0.5, 0.6) is 17.2 Å². The summed E-state index contributed by atoms with van der Waals surface area (Å²) in [6, 6.07) is 23.7. The van der Waals surface area contributed by atoms with Gasteiger partial charge in [0.2, 0.25) is 5.79 Å². The molecule has 61 heavy (non-hydrogen) atoms. The van der Waals surface area contributed by atoms with Crippen LogP contribution in [0.25, 0.3) is 11.1 Å². The molecule has 6 atom stereocenters. The lowest BCUT2D eigenvalue weighted by Crippen LogP contribution is -2.70. The number of rotatable bonds is 21. The van der Waals surface area contributed by atoms with Crippen LogP contribution in [-0.2, 0) is 14.3 Å². The molecule has 0 spiro atoms. The maximum atomic E-state index is 14.3. The average molecular weight is 835 g/mol. The van der Waals surface area contributed by atoms with Gasteiger partial charge in [0, 0.05) is 37.7 Å². The average Bonchev–Trinajstić information content (AvgIpc) is 3.26. The van der Waals surface area contributed by atoms with Gasteiger partial charge in [0.05, 0.1) is 24.8 Å². The third kappa shape index (κ3) is 10.8. The van der Waals surface area contributed by atoms with Gasteiger partial charge in [0.1, 0.15) is 28.9 Å². The number of hydrogen-bond donors (Lipinski definition) is 2. The van der Waals surface area contributed by atoms with E-state index >= 15 is 0 Å². The number of aliphatic hydroxyl groups is 2. The monoisotopic (exact) mass is 834 g/mol. The maximum Gasteiger partial charge on any atom is 0.410 e. The molecule has 0 bridgehead atoms. The van der Waals surface area contributed by atoms with Gasteiger partial charge in [0.15, 0.2) is 0 Å². The molecule has 6 rings (SSSR count). The molecule has 2 N–H and O–H groups in total. The Labute approximate surface area is 362 Å². The zero-order valence-electron chi connectivity index (χ0n) is 36.6. The number of nitrogens with zero attached hydrogens (tertiary/aromatic N) is 2. The Morgan fingerprint density at radius 3 is 2.31 bits per heavy atom. The van der Waals surface area contributed by atoms with E-state index in [-0.39, 0.29) is 44.2 Å². The van der Waals surface area contributed by atoms with Crippen molar-refractivity contribution in [2.24, 2.45) is 22.9 Å². The van der Waals surface area contributed by atoms with Crippen molar-refractivity contribution in [2.45, 2.75) is 109 Å². The number of fused-ring (bicyclic) bond motifs is 2. The molecule has 3 aliphatic rings. The number of aliphatic hydroxyl groups excluding tert-OH is 2. The second-order valence-electron chi connectivity index (χ2n) is 17.4. The van der Waals surface area contributed by atoms with Crippen LogP contribution >= 0.6 is 0 Å². The van der Waals surface area contributed by atoms with E-state index in [2.05, 4.69) is 49.6 Å². The second kappa shape index (κ2) is 21.3. The Bertz CT molecular complexity index is 1970. The Morgan fingerprint density at radius 2 is 1.64 bits per heavy atom. The van der Waals surface area contributed by atoms with E-state index < -0.39 is 29.4 Å². The minimum Gasteiger partial charge on any atom is -0.459 e. The number of oxime groups is 1. The number of carbonyl (C=O) groups is 1. The number of hydrogen-bond acceptors (Lipinski definition) is 9. The third-order valence-corrected chi connectivity index (χ3v) is 11.9. The first-order valence-electron chi connectivity index (χ1n) is 22.2. The van der Waals surface area contributed by atoms with Gasteiger partial charge in [-0.15, -0.1) is 13.2 Å². The highest BCUT2D eigenvalue weighted by Crippen LogP contribution is 2.62. The van der Waals surface area contributed by atoms with Gasteiger partial charge in [-0.05, 0) is 118 Å². The fourth-order valence-corrected chi connectivity index (χ4v) is 9.31. The van der Waals surface area contributed by atoms with Crippen LogP contribution in [0.2, 0.25) is 0 Å². The Balaban J connectivity index is 1.54. The van der Waals surface area contributed by atoms with Crippen molar-refractivity contribution in [2.75, 3.05) is 33.0 Å². The fourth-order valence-electron chi connectivity index (χ4n) is 9.31. The van der Waals surface area contributed by atoms with Crippen LogP contribution in [0.15, 0.2) is 115 Å². The standard InChI is InChI=1S/C51H66N2O8/c1-7-10-32-57-49(56)53(28-8-2)46-35-44(52-61-50(4,5)6)42-33-38(20-14-16-29-54)41(21-15-17-30-55)47-43-34-40(26-27-45(43)60-51(46,48(42)47)58-31-9-3)59-39-24-22-37(23-25-39)36-18-12-11-13-19-36/h7,9,11-13,18-19,22-27,33-34,38,41,46-48,54-55H,1,3,8,10,14-17,20-21,28-32,35H2,2,4-6H3/t38-,41+,46-,47+,48+,51+/m0/s1. The minimum atomic E-state index is -1.37. The summed E-state index contributed by atoms with van der Waals surface area (Å²) in [5, 5.41) is 24.8. The molecule has 10 heteroatoms. The Hall–Kier alpha value is -4.90. The molecule has 1 heterocycles. The first-order valence-corrected chi connectivity index (χ1v) is 22.2. The normalized spacial score (nSPS) is 23.5. The van der Waals surface area contributed by atoms with Crippen LogP contribution < -0.4 is 9.47 Å². The number of amides is 1. The summed E-state index contributed by atoms with van der Waals surface area (Å²) in [6.45, 7) is 16.8. The number of unbranched alkanes of at least 4 members (excludes halogenated alkanes) is 2. The number of benzene rings is 3. The SMILES string of the molecule is C=CCCOC(=O)N(CCC)[C@H]1CC(=NOC(C)(C)C)C2=C[C@H](CCCCO)[C@@H](CCCCO)[C@@H]3c4cc(Oc5ccc(-c6ccccc6)cc5)ccc4O[C@@]1(OCC=C)[C@H]23. The second-order valence-corrected chi connectivity index (χ2v) is 17.4. The van der Waals surface area contributed by atoms with E-state index in [1.807, 2.05) is 70.2 Å². The summed E-state index contributed by atoms with van der Waals surface area (Å²) in [5.74, 6) is 0.240. The third-order valence-electron chi connectivity index (χ3n) is 11.9. The minimum absolute atomic E-state index is 0.0801. The molecule has 1 fully saturated rings. The van der Waals surface area contributed by atoms with E-state index in [0.717, 1.165) is 53.7 Å². The molecule has 3 aromatic rings. The molecular weight excluding hydrogens is 769 g/mol. The number of allylic oxidation sites excluding steroid dienone is 1. The highest BCUT2D eigenvalue weighted by atomic mass is 16.7. The molecule has 1 amide bonds. The zero-order valence-corrected chi connectivity index (χ0v) is 36.6. The molecule has 328 valence electrons. The molecule has 0 unspecified atom stereocenters. The summed E-state index contributed by atoms with van der Waals surface area (Å²) >= 11 is 0. The Morgan fingerprint density at radius 1 is 0.934 bits per heavy atom. The van der Waals surface area contributed by atoms with Gasteiger partial charge in [-0.2, -0.15) is 0 Å². The van der Waals surface area contributed by atoms with Crippen LogP contribution in [0.4, 0.5) is 4.79 Å². The predicted molar refractivity (Wildman–Crippen MR) is 241 cm³/mol. The summed E-state index contributed by atoms with van der Waals surface area (Å²) < 4.78 is 26.9. The van der Waals surface area contributed by atoms with Crippen molar-refractivity contribution < 1.29 is 38.8 Å². The molecule has 2 aliphatic carbocycles. The molecule has 10 nitrogen and oxygen atoms in total. The number of ether oxygens (including phenoxy) is 4. The van der Waals surface area contributed by atoms with E-state index in [9.17, 15) is 15.0 Å². The van der Waals surface area contributed by atoms with E-state index in [1.165, 1.54) is 0 Å². The van der Waals surface area contributed by atoms with Gasteiger partial charge >= 0.3 is 6.09 Å². The fraction of sp³-hybridized carbons (Fsp3) is 0.490. The highest BCUT2D eigenvalue weighted by molar-refractivity contribution is 6.03. The summed E-state index contributed by atoms with van der Waals surface area (Å²) in [6.07, 6.45) is 11.6. The van der Waals surface area contributed by atoms with Crippen molar-refractivity contribution in [1.29, 1.82) is 0 Å². The molecule has 0 aromatic heterocycles. The van der Waals surface area contributed by atoms with Crippen LogP contribution in [-0.4, -0.2) is 77.3 Å². The first-order chi connectivity index (χ1) is 29.6. The van der Waals surface area contributed by atoms with Crippen molar-refractivity contribution in [1.82, 2.24) is 4.90 Å². The maximum absolute atomic E-state index is 14.3. The smallest absolute Gasteiger partial charge is 0.410 e. The topological polar surface area (TPSA) is 119 Å². The van der Waals surface area contributed by atoms with E-state index in [0.29, 0.717) is 55.9 Å². The lowest BCUT2D eigenvalue weighted by atomic mass is 9.55. The van der Waals surface area contributed by atoms with Crippen molar-refractivity contribution >= 4 is 11.8 Å². The quantitative estimate of drug-likeness (QED) is 0.0619. The van der Waals surface area contributed by atoms with Gasteiger partial charge in [-0.25, -0.2) is 4.79 Å². The summed E-state index contributed by atoms with van der Waals surface area (Å²) in [5.41, 5.74) is 4.36. The predicted octanol–water partition coefficient (Wildman–Crippen LogP) is 11.0. The Kier molecular flexibility index (Phi) is 15.9. The molecule has 0 saturated heterocycles. The summed E-state index contributed by atoms with van der Waals surface area (Å²) in [4.78, 5) is 22.3. The van der Waals surface area contributed by atoms with E-state index in [4.69, 9.17) is 28.9 Å². The van der Waals surface area contributed by atoms with Crippen molar-refractivity contribution in [3.63, 3.8) is 0 Å². The van der Waals surface area contributed by atoms with Crippen LogP contribution in [0.3, 0.4) is 0 Å². The highest BCUT2D eigenvalue weighted by Gasteiger charge is 2.65. The zero-order chi connectivity index (χ0) is 43.4. The molecular formula is C51H66N2O8. The van der Waals surface area contributed by atoms with Crippen LogP contribution in [0.1, 0.15) is 97.0 Å². The molecule has 1 aliphatic heterocycles. The van der Waals surface area contributed by atoms with Gasteiger partial charge in [-0.3, -0.25) is 4.90 Å². The van der Waals surface area contributed by atoms with Gasteiger partial charge < -0.3 is 34.0 Å². The molecule has 3 aromatic carbocycles. The molecule has 1 saturated carbocycles. The van der Waals surface area contributed by atoms with Gasteiger partial charge in [0.25, 0.3) is 0 Å². The lowest BCUT2D eigenvalue weighted by Gasteiger charge is -2.60. The largest absolute Gasteiger partial charge is 0.459 e. The van der Waals surface area contributed by atoms with Gasteiger partial charge in [-0.1, -0.05) is 85.6 Å². The summed E-state index contributed by atoms with van der Waals surface area (Å²) in [7, 11) is 0.